The summed E-state index contributed by atoms with van der Waals surface area (Å²) < 4.78 is 5.45. The lowest BCUT2D eigenvalue weighted by Gasteiger charge is -2.32. The molecule has 1 N–H and O–H groups in total. The van der Waals surface area contributed by atoms with E-state index >= 15 is 0 Å². The van der Waals surface area contributed by atoms with Gasteiger partial charge in [0.2, 0.25) is 0 Å². The van der Waals surface area contributed by atoms with Gasteiger partial charge in [-0.15, -0.1) is 11.3 Å². The first kappa shape index (κ1) is 19.7. The second kappa shape index (κ2) is 8.74. The van der Waals surface area contributed by atoms with E-state index in [1.54, 1.807) is 18.4 Å². The van der Waals surface area contributed by atoms with Crippen molar-refractivity contribution in [2.75, 3.05) is 27.7 Å². The molecule has 0 atom stereocenters. The molecule has 1 heterocycles. The quantitative estimate of drug-likeness (QED) is 0.603. The number of thiazole rings is 1. The number of aromatic nitrogens is 1. The number of aryl methyl sites for hydroxylation is 1. The molecule has 0 amide bonds. The zero-order valence-electron chi connectivity index (χ0n) is 16.8. The van der Waals surface area contributed by atoms with Crippen LogP contribution in [0, 0.1) is 6.92 Å². The van der Waals surface area contributed by atoms with E-state index in [9.17, 15) is 0 Å². The van der Waals surface area contributed by atoms with Crippen LogP contribution in [-0.4, -0.2) is 43.6 Å². The predicted octanol–water partition coefficient (Wildman–Crippen LogP) is 3.98. The minimum atomic E-state index is 0.141. The summed E-state index contributed by atoms with van der Waals surface area (Å²) in [5.74, 6) is 1.84. The van der Waals surface area contributed by atoms with Crippen molar-refractivity contribution in [1.82, 2.24) is 15.2 Å². The van der Waals surface area contributed by atoms with Crippen LogP contribution in [-0.2, 0) is 12.0 Å². The lowest BCUT2D eigenvalue weighted by Crippen LogP contribution is -2.45. The summed E-state index contributed by atoms with van der Waals surface area (Å²) >= 11 is 1.69. The van der Waals surface area contributed by atoms with Gasteiger partial charge in [0, 0.05) is 31.4 Å². The second-order valence-electron chi connectivity index (χ2n) is 7.33. The standard InChI is InChI=1S/C21H30N4OS/c1-16-24-18(14-27-16)13-25(3)20(22-2)23-15-21(10-5-6-11-21)17-8-7-9-19(12-17)26-4/h7-9,12,14H,5-6,10-11,13,15H2,1-4H3,(H,22,23). The van der Waals surface area contributed by atoms with Crippen molar-refractivity contribution in [3.63, 3.8) is 0 Å². The first-order chi connectivity index (χ1) is 13.1. The number of methoxy groups -OCH3 is 1. The largest absolute Gasteiger partial charge is 0.497 e. The Balaban J connectivity index is 1.70. The Bertz CT molecular complexity index is 780. The Morgan fingerprint density at radius 1 is 1.37 bits per heavy atom. The molecule has 0 spiro atoms. The van der Waals surface area contributed by atoms with Gasteiger partial charge in [0.1, 0.15) is 5.75 Å². The third-order valence-corrected chi connectivity index (χ3v) is 6.29. The van der Waals surface area contributed by atoms with Gasteiger partial charge in [-0.25, -0.2) is 4.98 Å². The fourth-order valence-corrected chi connectivity index (χ4v) is 4.61. The van der Waals surface area contributed by atoms with Crippen LogP contribution in [0.2, 0.25) is 0 Å². The Labute approximate surface area is 166 Å². The van der Waals surface area contributed by atoms with Crippen LogP contribution >= 0.6 is 11.3 Å². The minimum Gasteiger partial charge on any atom is -0.497 e. The molecule has 1 fully saturated rings. The molecule has 1 aliphatic carbocycles. The maximum atomic E-state index is 5.45. The fourth-order valence-electron chi connectivity index (χ4n) is 4.00. The van der Waals surface area contributed by atoms with Crippen molar-refractivity contribution in [2.24, 2.45) is 4.99 Å². The van der Waals surface area contributed by atoms with E-state index in [0.717, 1.165) is 35.5 Å². The minimum absolute atomic E-state index is 0.141. The van der Waals surface area contributed by atoms with Gasteiger partial charge in [0.15, 0.2) is 5.96 Å². The third kappa shape index (κ3) is 4.61. The predicted molar refractivity (Wildman–Crippen MR) is 113 cm³/mol. The van der Waals surface area contributed by atoms with E-state index in [-0.39, 0.29) is 5.41 Å². The number of rotatable bonds is 6. The highest BCUT2D eigenvalue weighted by Gasteiger charge is 2.36. The molecule has 0 saturated heterocycles. The summed E-state index contributed by atoms with van der Waals surface area (Å²) in [6.45, 7) is 3.68. The molecule has 146 valence electrons. The average molecular weight is 387 g/mol. The van der Waals surface area contributed by atoms with Crippen LogP contribution in [0.25, 0.3) is 0 Å². The lowest BCUT2D eigenvalue weighted by molar-refractivity contribution is 0.397. The van der Waals surface area contributed by atoms with Crippen molar-refractivity contribution >= 4 is 17.3 Å². The van der Waals surface area contributed by atoms with Gasteiger partial charge >= 0.3 is 0 Å². The number of nitrogens with zero attached hydrogens (tertiary/aromatic N) is 3. The first-order valence-corrected chi connectivity index (χ1v) is 10.4. The van der Waals surface area contributed by atoms with Gasteiger partial charge in [-0.3, -0.25) is 4.99 Å². The molecule has 1 aliphatic rings. The normalized spacial score (nSPS) is 16.4. The van der Waals surface area contributed by atoms with Crippen molar-refractivity contribution in [1.29, 1.82) is 0 Å². The molecule has 0 unspecified atom stereocenters. The molecule has 27 heavy (non-hydrogen) atoms. The van der Waals surface area contributed by atoms with Crippen LogP contribution in [0.1, 0.15) is 41.9 Å². The summed E-state index contributed by atoms with van der Waals surface area (Å²) in [5.41, 5.74) is 2.59. The Kier molecular flexibility index (Phi) is 6.37. The van der Waals surface area contributed by atoms with Crippen LogP contribution in [0.5, 0.6) is 5.75 Å². The fraction of sp³-hybridized carbons (Fsp3) is 0.524. The Morgan fingerprint density at radius 2 is 2.15 bits per heavy atom. The molecule has 0 radical (unpaired) electrons. The topological polar surface area (TPSA) is 49.8 Å². The molecule has 2 aromatic rings. The van der Waals surface area contributed by atoms with E-state index < -0.39 is 0 Å². The highest BCUT2D eigenvalue weighted by atomic mass is 32.1. The molecule has 0 bridgehead atoms. The summed E-state index contributed by atoms with van der Waals surface area (Å²) in [6.07, 6.45) is 4.93. The SMILES string of the molecule is CN=C(NCC1(c2cccc(OC)c2)CCCC1)N(C)Cc1csc(C)n1. The molecule has 1 aromatic heterocycles. The number of guanidine groups is 1. The maximum Gasteiger partial charge on any atom is 0.193 e. The second-order valence-corrected chi connectivity index (χ2v) is 8.40. The summed E-state index contributed by atoms with van der Waals surface area (Å²) in [4.78, 5) is 11.2. The van der Waals surface area contributed by atoms with Gasteiger partial charge in [0.05, 0.1) is 24.4 Å². The van der Waals surface area contributed by atoms with Crippen LogP contribution in [0.4, 0.5) is 0 Å². The van der Waals surface area contributed by atoms with Crippen molar-refractivity contribution < 1.29 is 4.74 Å². The van der Waals surface area contributed by atoms with Crippen molar-refractivity contribution in [3.8, 4) is 5.75 Å². The zero-order chi connectivity index (χ0) is 19.3. The average Bonchev–Trinajstić information content (AvgIpc) is 3.32. The third-order valence-electron chi connectivity index (χ3n) is 5.47. The summed E-state index contributed by atoms with van der Waals surface area (Å²) in [6, 6.07) is 8.54. The molecule has 1 aromatic carbocycles. The van der Waals surface area contributed by atoms with Crippen molar-refractivity contribution in [3.05, 3.63) is 45.9 Å². The van der Waals surface area contributed by atoms with Crippen molar-refractivity contribution in [2.45, 2.75) is 44.6 Å². The summed E-state index contributed by atoms with van der Waals surface area (Å²) in [7, 11) is 5.64. The number of aliphatic imine (C=N–C) groups is 1. The van der Waals surface area contributed by atoms with Crippen LogP contribution < -0.4 is 10.1 Å². The van der Waals surface area contributed by atoms with Gasteiger partial charge in [-0.1, -0.05) is 25.0 Å². The molecular weight excluding hydrogens is 356 g/mol. The molecule has 6 heteroatoms. The number of ether oxygens (including phenoxy) is 1. The Hall–Kier alpha value is -2.08. The highest BCUT2D eigenvalue weighted by molar-refractivity contribution is 7.09. The van der Waals surface area contributed by atoms with Gasteiger partial charge < -0.3 is 15.0 Å². The molecule has 0 aliphatic heterocycles. The zero-order valence-corrected chi connectivity index (χ0v) is 17.6. The number of hydrogen-bond acceptors (Lipinski definition) is 4. The first-order valence-electron chi connectivity index (χ1n) is 9.54. The molecule has 3 rings (SSSR count). The van der Waals surface area contributed by atoms with Crippen LogP contribution in [0.3, 0.4) is 0 Å². The molecule has 1 saturated carbocycles. The van der Waals surface area contributed by atoms with Gasteiger partial charge in [-0.05, 0) is 37.5 Å². The highest BCUT2D eigenvalue weighted by Crippen LogP contribution is 2.41. The van der Waals surface area contributed by atoms with Crippen LogP contribution in [0.15, 0.2) is 34.6 Å². The van der Waals surface area contributed by atoms with Gasteiger partial charge in [-0.2, -0.15) is 0 Å². The number of nitrogens with one attached hydrogen (secondary N) is 1. The number of benzene rings is 1. The van der Waals surface area contributed by atoms with E-state index in [0.29, 0.717) is 0 Å². The smallest absolute Gasteiger partial charge is 0.193 e. The Morgan fingerprint density at radius 3 is 2.78 bits per heavy atom. The summed E-state index contributed by atoms with van der Waals surface area (Å²) in [5, 5.41) is 6.85. The van der Waals surface area contributed by atoms with E-state index in [1.807, 2.05) is 20.0 Å². The monoisotopic (exact) mass is 386 g/mol. The van der Waals surface area contributed by atoms with Gasteiger partial charge in [0.25, 0.3) is 0 Å². The number of hydrogen-bond donors (Lipinski definition) is 1. The lowest BCUT2D eigenvalue weighted by atomic mass is 9.78. The van der Waals surface area contributed by atoms with E-state index in [2.05, 4.69) is 50.8 Å². The van der Waals surface area contributed by atoms with E-state index in [1.165, 1.54) is 31.2 Å². The van der Waals surface area contributed by atoms with E-state index in [4.69, 9.17) is 4.74 Å². The molecular formula is C21H30N4OS. The maximum absolute atomic E-state index is 5.45. The molecule has 5 nitrogen and oxygen atoms in total.